The highest BCUT2D eigenvalue weighted by Gasteiger charge is 2.22. The molecule has 0 amide bonds. The lowest BCUT2D eigenvalue weighted by atomic mass is 9.92. The number of methoxy groups -OCH3 is 1. The molecule has 0 saturated carbocycles. The Hall–Kier alpha value is -0.0800. The number of rotatable bonds is 3. The number of nitrogens with zero attached hydrogens (tertiary/aromatic N) is 1. The Kier molecular flexibility index (Phi) is 4.02. The molecule has 0 aromatic carbocycles. The molecular weight excluding hydrogens is 150 g/mol. The minimum absolute atomic E-state index is 0.448. The van der Waals surface area contributed by atoms with Crippen LogP contribution in [0.3, 0.4) is 0 Å². The van der Waals surface area contributed by atoms with E-state index < -0.39 is 0 Å². The Bertz CT molecular complexity index is 119. The summed E-state index contributed by atoms with van der Waals surface area (Å²) in [6.45, 7) is 8.14. The van der Waals surface area contributed by atoms with Gasteiger partial charge in [-0.1, -0.05) is 6.92 Å². The Morgan fingerprint density at radius 3 is 2.42 bits per heavy atom. The van der Waals surface area contributed by atoms with Crippen molar-refractivity contribution in [2.75, 3.05) is 26.7 Å². The molecule has 0 spiro atoms. The van der Waals surface area contributed by atoms with Crippen molar-refractivity contribution in [2.45, 2.75) is 32.8 Å². The molecule has 2 nitrogen and oxygen atoms in total. The van der Waals surface area contributed by atoms with Crippen LogP contribution in [0.25, 0.3) is 0 Å². The first-order valence-corrected chi connectivity index (χ1v) is 5.03. The summed E-state index contributed by atoms with van der Waals surface area (Å²) in [4.78, 5) is 2.51. The molecule has 0 bridgehead atoms. The van der Waals surface area contributed by atoms with Crippen LogP contribution in [-0.2, 0) is 4.74 Å². The van der Waals surface area contributed by atoms with E-state index in [4.69, 9.17) is 4.74 Å². The zero-order chi connectivity index (χ0) is 8.97. The fraction of sp³-hybridized carbons (Fsp3) is 1.00. The topological polar surface area (TPSA) is 12.5 Å². The number of piperidine rings is 1. The van der Waals surface area contributed by atoms with Gasteiger partial charge in [0.05, 0.1) is 6.10 Å². The SMILES string of the molecule is CCN1CCC([C@H](C)OC)CC1. The second kappa shape index (κ2) is 4.83. The maximum atomic E-state index is 5.34. The van der Waals surface area contributed by atoms with Crippen LogP contribution in [0.2, 0.25) is 0 Å². The fourth-order valence-electron chi connectivity index (χ4n) is 1.93. The Labute approximate surface area is 75.9 Å². The van der Waals surface area contributed by atoms with Gasteiger partial charge in [-0.15, -0.1) is 0 Å². The number of ether oxygens (including phenoxy) is 1. The molecule has 0 aromatic rings. The third-order valence-electron chi connectivity index (χ3n) is 3.12. The Balaban J connectivity index is 2.25. The molecule has 72 valence electrons. The zero-order valence-corrected chi connectivity index (χ0v) is 8.55. The van der Waals surface area contributed by atoms with E-state index in [9.17, 15) is 0 Å². The molecule has 1 aliphatic rings. The van der Waals surface area contributed by atoms with Crippen molar-refractivity contribution in [2.24, 2.45) is 5.92 Å². The molecule has 0 aromatic heterocycles. The minimum Gasteiger partial charge on any atom is -0.381 e. The molecule has 1 fully saturated rings. The van der Waals surface area contributed by atoms with Crippen LogP contribution < -0.4 is 0 Å². The lowest BCUT2D eigenvalue weighted by Crippen LogP contribution is -2.37. The maximum absolute atomic E-state index is 5.34. The largest absolute Gasteiger partial charge is 0.381 e. The minimum atomic E-state index is 0.448. The van der Waals surface area contributed by atoms with E-state index in [2.05, 4.69) is 18.7 Å². The Morgan fingerprint density at radius 2 is 2.00 bits per heavy atom. The van der Waals surface area contributed by atoms with E-state index in [0.717, 1.165) is 5.92 Å². The normalized spacial score (nSPS) is 24.2. The van der Waals surface area contributed by atoms with Gasteiger partial charge in [-0.25, -0.2) is 0 Å². The first-order chi connectivity index (χ1) is 5.77. The molecule has 1 heterocycles. The number of hydrogen-bond donors (Lipinski definition) is 0. The van der Waals surface area contributed by atoms with Crippen molar-refractivity contribution in [3.05, 3.63) is 0 Å². The molecular formula is C10H21NO. The lowest BCUT2D eigenvalue weighted by Gasteiger charge is -2.33. The van der Waals surface area contributed by atoms with Gasteiger partial charge in [-0.3, -0.25) is 0 Å². The highest BCUT2D eigenvalue weighted by atomic mass is 16.5. The number of likely N-dealkylation sites (tertiary alicyclic amines) is 1. The van der Waals surface area contributed by atoms with Crippen LogP contribution >= 0.6 is 0 Å². The second-order valence-electron chi connectivity index (χ2n) is 3.71. The third kappa shape index (κ3) is 2.46. The van der Waals surface area contributed by atoms with E-state index in [-0.39, 0.29) is 0 Å². The zero-order valence-electron chi connectivity index (χ0n) is 8.55. The van der Waals surface area contributed by atoms with Gasteiger partial charge >= 0.3 is 0 Å². The van der Waals surface area contributed by atoms with Crippen molar-refractivity contribution in [3.8, 4) is 0 Å². The summed E-state index contributed by atoms with van der Waals surface area (Å²) in [7, 11) is 1.82. The summed E-state index contributed by atoms with van der Waals surface area (Å²) in [5, 5.41) is 0. The van der Waals surface area contributed by atoms with Crippen LogP contribution in [0.4, 0.5) is 0 Å². The fourth-order valence-corrected chi connectivity index (χ4v) is 1.93. The van der Waals surface area contributed by atoms with Crippen molar-refractivity contribution in [1.29, 1.82) is 0 Å². The van der Waals surface area contributed by atoms with Crippen molar-refractivity contribution in [3.63, 3.8) is 0 Å². The average molecular weight is 171 g/mol. The molecule has 2 heteroatoms. The summed E-state index contributed by atoms with van der Waals surface area (Å²) in [6, 6.07) is 0. The molecule has 1 aliphatic heterocycles. The van der Waals surface area contributed by atoms with Crippen LogP contribution in [0.15, 0.2) is 0 Å². The van der Waals surface area contributed by atoms with E-state index in [1.165, 1.54) is 32.5 Å². The van der Waals surface area contributed by atoms with E-state index >= 15 is 0 Å². The predicted octanol–water partition coefficient (Wildman–Crippen LogP) is 1.75. The van der Waals surface area contributed by atoms with Gasteiger partial charge < -0.3 is 9.64 Å². The molecule has 12 heavy (non-hydrogen) atoms. The molecule has 0 unspecified atom stereocenters. The van der Waals surface area contributed by atoms with Crippen LogP contribution in [0.1, 0.15) is 26.7 Å². The van der Waals surface area contributed by atoms with Crippen LogP contribution in [-0.4, -0.2) is 37.7 Å². The summed E-state index contributed by atoms with van der Waals surface area (Å²) in [5.41, 5.74) is 0. The molecule has 1 atom stereocenters. The van der Waals surface area contributed by atoms with Crippen LogP contribution in [0.5, 0.6) is 0 Å². The Morgan fingerprint density at radius 1 is 1.42 bits per heavy atom. The summed E-state index contributed by atoms with van der Waals surface area (Å²) >= 11 is 0. The van der Waals surface area contributed by atoms with Gasteiger partial charge in [-0.2, -0.15) is 0 Å². The second-order valence-corrected chi connectivity index (χ2v) is 3.71. The average Bonchev–Trinajstić information content (AvgIpc) is 2.17. The molecule has 0 N–H and O–H groups in total. The molecule has 1 rings (SSSR count). The summed E-state index contributed by atoms with van der Waals surface area (Å²) in [5.74, 6) is 0.790. The standard InChI is InChI=1S/C10H21NO/c1-4-11-7-5-10(6-8-11)9(2)12-3/h9-10H,4-8H2,1-3H3/t9-/m0/s1. The van der Waals surface area contributed by atoms with Gasteiger partial charge in [0.1, 0.15) is 0 Å². The van der Waals surface area contributed by atoms with Crippen molar-refractivity contribution in [1.82, 2.24) is 4.90 Å². The van der Waals surface area contributed by atoms with Crippen molar-refractivity contribution >= 4 is 0 Å². The van der Waals surface area contributed by atoms with E-state index in [0.29, 0.717) is 6.10 Å². The van der Waals surface area contributed by atoms with Crippen LogP contribution in [0, 0.1) is 5.92 Å². The highest BCUT2D eigenvalue weighted by Crippen LogP contribution is 2.21. The molecule has 0 aliphatic carbocycles. The maximum Gasteiger partial charge on any atom is 0.0572 e. The summed E-state index contributed by atoms with van der Waals surface area (Å²) in [6.07, 6.45) is 3.06. The van der Waals surface area contributed by atoms with E-state index in [1.54, 1.807) is 0 Å². The molecule has 1 saturated heterocycles. The highest BCUT2D eigenvalue weighted by molar-refractivity contribution is 4.75. The smallest absolute Gasteiger partial charge is 0.0572 e. The van der Waals surface area contributed by atoms with Gasteiger partial charge in [-0.05, 0) is 45.3 Å². The van der Waals surface area contributed by atoms with Gasteiger partial charge in [0.15, 0.2) is 0 Å². The lowest BCUT2D eigenvalue weighted by molar-refractivity contribution is 0.0349. The number of hydrogen-bond acceptors (Lipinski definition) is 2. The first-order valence-electron chi connectivity index (χ1n) is 5.03. The molecule has 0 radical (unpaired) electrons. The third-order valence-corrected chi connectivity index (χ3v) is 3.12. The van der Waals surface area contributed by atoms with Gasteiger partial charge in [0.25, 0.3) is 0 Å². The quantitative estimate of drug-likeness (QED) is 0.641. The van der Waals surface area contributed by atoms with Crippen molar-refractivity contribution < 1.29 is 4.74 Å². The monoisotopic (exact) mass is 171 g/mol. The summed E-state index contributed by atoms with van der Waals surface area (Å²) < 4.78 is 5.34. The van der Waals surface area contributed by atoms with Gasteiger partial charge in [0.2, 0.25) is 0 Å². The first kappa shape index (κ1) is 10.0. The van der Waals surface area contributed by atoms with Gasteiger partial charge in [0, 0.05) is 7.11 Å². The van der Waals surface area contributed by atoms with E-state index in [1.807, 2.05) is 7.11 Å². The predicted molar refractivity (Wildman–Crippen MR) is 51.3 cm³/mol.